The molecule has 1 aliphatic rings. The van der Waals surface area contributed by atoms with Crippen molar-refractivity contribution < 1.29 is 8.42 Å². The van der Waals surface area contributed by atoms with Crippen molar-refractivity contribution in [2.45, 2.75) is 42.4 Å². The van der Waals surface area contributed by atoms with Gasteiger partial charge in [0.25, 0.3) is 10.0 Å². The summed E-state index contributed by atoms with van der Waals surface area (Å²) in [6, 6.07) is 1.48. The van der Waals surface area contributed by atoms with E-state index in [4.69, 9.17) is 11.6 Å². The van der Waals surface area contributed by atoms with Crippen LogP contribution in [-0.4, -0.2) is 14.0 Å². The van der Waals surface area contributed by atoms with Crippen molar-refractivity contribution in [3.63, 3.8) is 0 Å². The van der Waals surface area contributed by atoms with Crippen molar-refractivity contribution >= 4 is 48.9 Å². The highest BCUT2D eigenvalue weighted by molar-refractivity contribution is 9.11. The van der Waals surface area contributed by atoms with Gasteiger partial charge in [-0.2, -0.15) is 0 Å². The maximum Gasteiger partial charge on any atom is 0.250 e. The lowest BCUT2D eigenvalue weighted by molar-refractivity contribution is 0.428. The van der Waals surface area contributed by atoms with E-state index in [1.54, 1.807) is 0 Å². The van der Waals surface area contributed by atoms with Crippen LogP contribution in [0.25, 0.3) is 0 Å². The molecule has 1 saturated carbocycles. The standard InChI is InChI=1S/C10H13BrClNO2S2/c1-10(4-2-3-5-10)13-17(14,15)8-6-7(12)9(11)16-8/h6,13H,2-5H2,1H3. The number of halogens is 2. The number of hydrogen-bond acceptors (Lipinski definition) is 3. The molecule has 1 N–H and O–H groups in total. The molecule has 0 aliphatic heterocycles. The first-order valence-corrected chi connectivity index (χ1v) is 8.78. The van der Waals surface area contributed by atoms with E-state index in [1.807, 2.05) is 6.92 Å². The number of hydrogen-bond donors (Lipinski definition) is 1. The Kier molecular flexibility index (Phi) is 3.91. The van der Waals surface area contributed by atoms with Gasteiger partial charge in [-0.1, -0.05) is 24.4 Å². The van der Waals surface area contributed by atoms with E-state index in [9.17, 15) is 8.42 Å². The van der Waals surface area contributed by atoms with Crippen molar-refractivity contribution in [2.24, 2.45) is 0 Å². The Morgan fingerprint density at radius 2 is 2.06 bits per heavy atom. The minimum Gasteiger partial charge on any atom is -0.206 e. The predicted octanol–water partition coefficient (Wildman–Crippen LogP) is 3.78. The molecule has 0 atom stereocenters. The summed E-state index contributed by atoms with van der Waals surface area (Å²) in [6.45, 7) is 1.96. The lowest BCUT2D eigenvalue weighted by atomic mass is 10.0. The van der Waals surface area contributed by atoms with E-state index >= 15 is 0 Å². The fourth-order valence-electron chi connectivity index (χ4n) is 2.09. The van der Waals surface area contributed by atoms with Crippen LogP contribution >= 0.6 is 38.9 Å². The molecule has 1 fully saturated rings. The Morgan fingerprint density at radius 3 is 2.53 bits per heavy atom. The summed E-state index contributed by atoms with van der Waals surface area (Å²) in [5.74, 6) is 0. The highest BCUT2D eigenvalue weighted by Gasteiger charge is 2.34. The maximum absolute atomic E-state index is 12.2. The van der Waals surface area contributed by atoms with Crippen LogP contribution in [0, 0.1) is 0 Å². The highest BCUT2D eigenvalue weighted by Crippen LogP contribution is 2.36. The molecule has 0 radical (unpaired) electrons. The van der Waals surface area contributed by atoms with Gasteiger partial charge in [0.15, 0.2) is 0 Å². The van der Waals surface area contributed by atoms with Gasteiger partial charge in [-0.05, 0) is 41.8 Å². The number of sulfonamides is 1. The molecular weight excluding hydrogens is 346 g/mol. The van der Waals surface area contributed by atoms with Crippen LogP contribution in [0.15, 0.2) is 14.1 Å². The molecule has 0 bridgehead atoms. The van der Waals surface area contributed by atoms with Crippen molar-refractivity contribution in [1.29, 1.82) is 0 Å². The second kappa shape index (κ2) is 4.81. The third kappa shape index (κ3) is 3.04. The Hall–Kier alpha value is 0.380. The lowest BCUT2D eigenvalue weighted by Crippen LogP contribution is -2.43. The Bertz CT molecular complexity index is 501. The zero-order valence-corrected chi connectivity index (χ0v) is 13.3. The summed E-state index contributed by atoms with van der Waals surface area (Å²) in [4.78, 5) is 0. The zero-order valence-electron chi connectivity index (χ0n) is 9.29. The van der Waals surface area contributed by atoms with E-state index in [0.29, 0.717) is 8.81 Å². The first-order valence-electron chi connectivity index (χ1n) is 5.31. The highest BCUT2D eigenvalue weighted by atomic mass is 79.9. The molecule has 1 aromatic rings. The predicted molar refractivity (Wildman–Crippen MR) is 74.2 cm³/mol. The molecule has 0 spiro atoms. The van der Waals surface area contributed by atoms with Crippen LogP contribution in [0.2, 0.25) is 5.02 Å². The smallest absolute Gasteiger partial charge is 0.206 e. The summed E-state index contributed by atoms with van der Waals surface area (Å²) in [6.07, 6.45) is 3.95. The molecule has 0 unspecified atom stereocenters. The summed E-state index contributed by atoms with van der Waals surface area (Å²) in [7, 11) is -3.45. The van der Waals surface area contributed by atoms with Crippen molar-refractivity contribution in [3.8, 4) is 0 Å². The van der Waals surface area contributed by atoms with Gasteiger partial charge in [0, 0.05) is 5.54 Å². The first-order chi connectivity index (χ1) is 7.82. The summed E-state index contributed by atoms with van der Waals surface area (Å²) in [5, 5.41) is 0.437. The van der Waals surface area contributed by atoms with Crippen LogP contribution in [0.4, 0.5) is 0 Å². The Balaban J connectivity index is 2.24. The number of thiophene rings is 1. The summed E-state index contributed by atoms with van der Waals surface area (Å²) in [5.41, 5.74) is -0.304. The van der Waals surface area contributed by atoms with Crippen LogP contribution in [0.5, 0.6) is 0 Å². The van der Waals surface area contributed by atoms with Gasteiger partial charge < -0.3 is 0 Å². The van der Waals surface area contributed by atoms with Gasteiger partial charge in [0.1, 0.15) is 4.21 Å². The Labute approximate surface area is 119 Å². The quantitative estimate of drug-likeness (QED) is 0.894. The average molecular weight is 359 g/mol. The van der Waals surface area contributed by atoms with Crippen LogP contribution in [0.3, 0.4) is 0 Å². The van der Waals surface area contributed by atoms with Crippen LogP contribution < -0.4 is 4.72 Å². The molecule has 1 aliphatic carbocycles. The summed E-state index contributed by atoms with van der Waals surface area (Å²) >= 11 is 10.2. The first kappa shape index (κ1) is 13.8. The van der Waals surface area contributed by atoms with Gasteiger partial charge >= 0.3 is 0 Å². The minimum atomic E-state index is -3.45. The largest absolute Gasteiger partial charge is 0.250 e. The van der Waals surface area contributed by atoms with E-state index < -0.39 is 10.0 Å². The molecule has 7 heteroatoms. The topological polar surface area (TPSA) is 46.2 Å². The van der Waals surface area contributed by atoms with E-state index in [2.05, 4.69) is 20.7 Å². The zero-order chi connectivity index (χ0) is 12.7. The van der Waals surface area contributed by atoms with Crippen LogP contribution in [0.1, 0.15) is 32.6 Å². The second-order valence-corrected chi connectivity index (χ2v) is 9.25. The van der Waals surface area contributed by atoms with Crippen LogP contribution in [-0.2, 0) is 10.0 Å². The maximum atomic E-state index is 12.2. The molecule has 2 rings (SSSR count). The monoisotopic (exact) mass is 357 g/mol. The fraction of sp³-hybridized carbons (Fsp3) is 0.600. The van der Waals surface area contributed by atoms with Gasteiger partial charge in [-0.3, -0.25) is 0 Å². The molecule has 0 amide bonds. The molecule has 3 nitrogen and oxygen atoms in total. The van der Waals surface area contributed by atoms with Crippen molar-refractivity contribution in [2.75, 3.05) is 0 Å². The van der Waals surface area contributed by atoms with E-state index in [0.717, 1.165) is 37.0 Å². The van der Waals surface area contributed by atoms with Gasteiger partial charge in [-0.15, -0.1) is 11.3 Å². The molecular formula is C10H13BrClNO2S2. The average Bonchev–Trinajstić information content (AvgIpc) is 2.74. The third-order valence-electron chi connectivity index (χ3n) is 2.98. The molecule has 0 saturated heterocycles. The van der Waals surface area contributed by atoms with Gasteiger partial charge in [0.2, 0.25) is 0 Å². The van der Waals surface area contributed by atoms with Crippen molar-refractivity contribution in [1.82, 2.24) is 4.72 Å². The van der Waals surface area contributed by atoms with E-state index in [-0.39, 0.29) is 9.75 Å². The molecule has 17 heavy (non-hydrogen) atoms. The fourth-order valence-corrected chi connectivity index (χ4v) is 5.95. The Morgan fingerprint density at radius 1 is 1.47 bits per heavy atom. The molecule has 1 heterocycles. The third-order valence-corrected chi connectivity index (χ3v) is 7.56. The van der Waals surface area contributed by atoms with Gasteiger partial charge in [0.05, 0.1) is 8.81 Å². The SMILES string of the molecule is CC1(NS(=O)(=O)c2cc(Cl)c(Br)s2)CCCC1. The normalized spacial score (nSPS) is 19.7. The molecule has 1 aromatic heterocycles. The van der Waals surface area contributed by atoms with Crippen molar-refractivity contribution in [3.05, 3.63) is 14.9 Å². The molecule has 0 aromatic carbocycles. The van der Waals surface area contributed by atoms with Gasteiger partial charge in [-0.25, -0.2) is 13.1 Å². The minimum absolute atomic E-state index is 0.266. The summed E-state index contributed by atoms with van der Waals surface area (Å²) < 4.78 is 28.1. The van der Waals surface area contributed by atoms with E-state index in [1.165, 1.54) is 6.07 Å². The molecule has 96 valence electrons. The number of nitrogens with one attached hydrogen (secondary N) is 1. The second-order valence-electron chi connectivity index (χ2n) is 4.56. The lowest BCUT2D eigenvalue weighted by Gasteiger charge is -2.24. The number of rotatable bonds is 3.